The SMILES string of the molecule is CC(C)c1ccc(OCc2ccc(C(=O)NC(C)c3nc4ccccc4o3)o2)cc1. The van der Waals surface area contributed by atoms with Gasteiger partial charge in [0, 0.05) is 0 Å². The van der Waals surface area contributed by atoms with E-state index in [4.69, 9.17) is 13.6 Å². The van der Waals surface area contributed by atoms with Crippen LogP contribution in [-0.4, -0.2) is 10.9 Å². The van der Waals surface area contributed by atoms with Crippen LogP contribution in [0.1, 0.15) is 60.5 Å². The molecule has 0 saturated carbocycles. The molecule has 0 radical (unpaired) electrons. The highest BCUT2D eigenvalue weighted by molar-refractivity contribution is 5.91. The number of furan rings is 1. The zero-order valence-corrected chi connectivity index (χ0v) is 17.2. The first-order valence-electron chi connectivity index (χ1n) is 9.97. The lowest BCUT2D eigenvalue weighted by Crippen LogP contribution is -2.26. The number of ether oxygens (including phenoxy) is 1. The number of amides is 1. The lowest BCUT2D eigenvalue weighted by atomic mass is 10.0. The molecule has 6 heteroatoms. The van der Waals surface area contributed by atoms with Gasteiger partial charge in [0.1, 0.15) is 29.7 Å². The minimum absolute atomic E-state index is 0.215. The summed E-state index contributed by atoms with van der Waals surface area (Å²) >= 11 is 0. The Bertz CT molecular complexity index is 1110. The van der Waals surface area contributed by atoms with Gasteiger partial charge in [0.2, 0.25) is 5.89 Å². The number of aromatic nitrogens is 1. The van der Waals surface area contributed by atoms with Crippen LogP contribution < -0.4 is 10.1 Å². The van der Waals surface area contributed by atoms with E-state index in [1.54, 1.807) is 12.1 Å². The molecule has 4 rings (SSSR count). The van der Waals surface area contributed by atoms with E-state index < -0.39 is 6.04 Å². The Hall–Kier alpha value is -3.54. The van der Waals surface area contributed by atoms with Crippen LogP contribution in [0.5, 0.6) is 5.75 Å². The van der Waals surface area contributed by atoms with E-state index in [9.17, 15) is 4.79 Å². The molecule has 2 aromatic heterocycles. The summed E-state index contributed by atoms with van der Waals surface area (Å²) < 4.78 is 17.1. The first-order chi connectivity index (χ1) is 14.5. The number of fused-ring (bicyclic) bond motifs is 1. The van der Waals surface area contributed by atoms with E-state index in [1.165, 1.54) is 5.56 Å². The number of benzene rings is 2. The monoisotopic (exact) mass is 404 g/mol. The van der Waals surface area contributed by atoms with Gasteiger partial charge in [-0.05, 0) is 54.8 Å². The van der Waals surface area contributed by atoms with Crippen LogP contribution in [0.4, 0.5) is 0 Å². The quantitative estimate of drug-likeness (QED) is 0.433. The Labute approximate surface area is 174 Å². The zero-order chi connectivity index (χ0) is 21.1. The fraction of sp³-hybridized carbons (Fsp3) is 0.250. The molecule has 30 heavy (non-hydrogen) atoms. The molecule has 0 aliphatic rings. The van der Waals surface area contributed by atoms with E-state index in [2.05, 4.69) is 36.3 Å². The summed E-state index contributed by atoms with van der Waals surface area (Å²) in [6, 6.07) is 18.4. The fourth-order valence-electron chi connectivity index (χ4n) is 3.09. The van der Waals surface area contributed by atoms with Crippen molar-refractivity contribution >= 4 is 17.0 Å². The number of carbonyl (C=O) groups is 1. The molecule has 4 aromatic rings. The second-order valence-corrected chi connectivity index (χ2v) is 7.49. The number of carbonyl (C=O) groups excluding carboxylic acids is 1. The molecule has 1 N–H and O–H groups in total. The van der Waals surface area contributed by atoms with Crippen LogP contribution in [0.15, 0.2) is 69.5 Å². The number of para-hydroxylation sites is 2. The van der Waals surface area contributed by atoms with Crippen molar-refractivity contribution in [3.63, 3.8) is 0 Å². The van der Waals surface area contributed by atoms with Crippen molar-refractivity contribution in [1.29, 1.82) is 0 Å². The lowest BCUT2D eigenvalue weighted by molar-refractivity contribution is 0.0902. The number of oxazole rings is 1. The Morgan fingerprint density at radius 2 is 1.77 bits per heavy atom. The molecule has 2 heterocycles. The number of rotatable bonds is 7. The number of nitrogens with zero attached hydrogens (tertiary/aromatic N) is 1. The van der Waals surface area contributed by atoms with E-state index in [1.807, 2.05) is 43.3 Å². The first kappa shape index (κ1) is 19.8. The average Bonchev–Trinajstić information content (AvgIpc) is 3.39. The van der Waals surface area contributed by atoms with Gasteiger partial charge in [-0.2, -0.15) is 0 Å². The Balaban J connectivity index is 1.35. The van der Waals surface area contributed by atoms with Crippen molar-refractivity contribution in [2.75, 3.05) is 0 Å². The molecule has 1 unspecified atom stereocenters. The van der Waals surface area contributed by atoms with Crippen LogP contribution in [0.2, 0.25) is 0 Å². The third-order valence-corrected chi connectivity index (χ3v) is 4.84. The minimum Gasteiger partial charge on any atom is -0.486 e. The molecule has 0 fully saturated rings. The Morgan fingerprint density at radius 1 is 1.00 bits per heavy atom. The van der Waals surface area contributed by atoms with Crippen LogP contribution in [0.3, 0.4) is 0 Å². The van der Waals surface area contributed by atoms with E-state index in [-0.39, 0.29) is 18.3 Å². The summed E-state index contributed by atoms with van der Waals surface area (Å²) in [5, 5.41) is 2.85. The maximum Gasteiger partial charge on any atom is 0.287 e. The molecule has 1 amide bonds. The van der Waals surface area contributed by atoms with Gasteiger partial charge >= 0.3 is 0 Å². The summed E-state index contributed by atoms with van der Waals surface area (Å²) in [6.45, 7) is 6.36. The highest BCUT2D eigenvalue weighted by Gasteiger charge is 2.19. The van der Waals surface area contributed by atoms with Gasteiger partial charge in [0.05, 0.1) is 0 Å². The smallest absolute Gasteiger partial charge is 0.287 e. The predicted octanol–water partition coefficient (Wildman–Crippen LogP) is 5.61. The highest BCUT2D eigenvalue weighted by atomic mass is 16.5. The van der Waals surface area contributed by atoms with Crippen molar-refractivity contribution in [2.24, 2.45) is 0 Å². The van der Waals surface area contributed by atoms with E-state index in [0.29, 0.717) is 23.2 Å². The Kier molecular flexibility index (Phi) is 5.57. The van der Waals surface area contributed by atoms with Crippen LogP contribution >= 0.6 is 0 Å². The molecule has 0 bridgehead atoms. The van der Waals surface area contributed by atoms with Crippen LogP contribution in [-0.2, 0) is 6.61 Å². The first-order valence-corrected chi connectivity index (χ1v) is 9.97. The van der Waals surface area contributed by atoms with E-state index in [0.717, 1.165) is 11.3 Å². The second-order valence-electron chi connectivity index (χ2n) is 7.49. The van der Waals surface area contributed by atoms with Crippen LogP contribution in [0.25, 0.3) is 11.1 Å². The predicted molar refractivity (Wildman–Crippen MR) is 113 cm³/mol. The van der Waals surface area contributed by atoms with Gasteiger partial charge in [-0.25, -0.2) is 4.98 Å². The van der Waals surface area contributed by atoms with Crippen molar-refractivity contribution in [2.45, 2.75) is 39.3 Å². The standard InChI is InChI=1S/C24H24N2O4/c1-15(2)17-8-10-18(11-9-17)28-14-19-12-13-22(29-19)23(27)25-16(3)24-26-20-6-4-5-7-21(20)30-24/h4-13,15-16H,14H2,1-3H3,(H,25,27). The molecular weight excluding hydrogens is 380 g/mol. The molecule has 6 nitrogen and oxygen atoms in total. The molecule has 1 atom stereocenters. The van der Waals surface area contributed by atoms with Crippen molar-refractivity contribution < 1.29 is 18.4 Å². The van der Waals surface area contributed by atoms with Crippen molar-refractivity contribution in [3.8, 4) is 5.75 Å². The zero-order valence-electron chi connectivity index (χ0n) is 17.2. The van der Waals surface area contributed by atoms with Gasteiger partial charge in [-0.1, -0.05) is 38.1 Å². The van der Waals surface area contributed by atoms with Crippen molar-refractivity contribution in [3.05, 3.63) is 83.6 Å². The number of nitrogens with one attached hydrogen (secondary N) is 1. The maximum absolute atomic E-state index is 12.5. The minimum atomic E-state index is -0.394. The van der Waals surface area contributed by atoms with Crippen LogP contribution in [0, 0.1) is 0 Å². The largest absolute Gasteiger partial charge is 0.486 e. The van der Waals surface area contributed by atoms with Gasteiger partial charge < -0.3 is 18.9 Å². The summed E-state index contributed by atoms with van der Waals surface area (Å²) in [6.07, 6.45) is 0. The molecule has 0 aliphatic heterocycles. The molecule has 154 valence electrons. The van der Waals surface area contributed by atoms with E-state index >= 15 is 0 Å². The van der Waals surface area contributed by atoms with Gasteiger partial charge in [-0.3, -0.25) is 4.79 Å². The molecule has 0 spiro atoms. The lowest BCUT2D eigenvalue weighted by Gasteiger charge is -2.09. The van der Waals surface area contributed by atoms with Crippen molar-refractivity contribution in [1.82, 2.24) is 10.3 Å². The fourth-order valence-corrected chi connectivity index (χ4v) is 3.09. The topological polar surface area (TPSA) is 77.5 Å². The molecule has 0 saturated heterocycles. The average molecular weight is 404 g/mol. The molecule has 2 aromatic carbocycles. The molecular formula is C24H24N2O4. The van der Waals surface area contributed by atoms with Gasteiger partial charge in [0.25, 0.3) is 5.91 Å². The van der Waals surface area contributed by atoms with Gasteiger partial charge in [-0.15, -0.1) is 0 Å². The third-order valence-electron chi connectivity index (χ3n) is 4.84. The highest BCUT2D eigenvalue weighted by Crippen LogP contribution is 2.21. The number of hydrogen-bond donors (Lipinski definition) is 1. The normalized spacial score (nSPS) is 12.3. The number of hydrogen-bond acceptors (Lipinski definition) is 5. The summed E-state index contributed by atoms with van der Waals surface area (Å²) in [5.74, 6) is 2.13. The summed E-state index contributed by atoms with van der Waals surface area (Å²) in [7, 11) is 0. The van der Waals surface area contributed by atoms with Gasteiger partial charge in [0.15, 0.2) is 11.3 Å². The third kappa shape index (κ3) is 4.38. The Morgan fingerprint density at radius 3 is 2.50 bits per heavy atom. The second kappa shape index (κ2) is 8.45. The summed E-state index contributed by atoms with van der Waals surface area (Å²) in [5.41, 5.74) is 2.70. The molecule has 0 aliphatic carbocycles. The summed E-state index contributed by atoms with van der Waals surface area (Å²) in [4.78, 5) is 16.9. The maximum atomic E-state index is 12.5.